The lowest BCUT2D eigenvalue weighted by atomic mass is 10.1. The van der Waals surface area contributed by atoms with Crippen molar-refractivity contribution in [2.75, 3.05) is 0 Å². The van der Waals surface area contributed by atoms with E-state index in [4.69, 9.17) is 0 Å². The summed E-state index contributed by atoms with van der Waals surface area (Å²) in [5.41, 5.74) is 0.910. The first kappa shape index (κ1) is 12.4. The van der Waals surface area contributed by atoms with Crippen LogP contribution in [0.1, 0.15) is 60.7 Å². The van der Waals surface area contributed by atoms with E-state index in [1.54, 1.807) is 11.3 Å². The van der Waals surface area contributed by atoms with Gasteiger partial charge < -0.3 is 0 Å². The van der Waals surface area contributed by atoms with E-state index < -0.39 is 0 Å². The molecule has 1 rings (SSSR count). The fourth-order valence-electron chi connectivity index (χ4n) is 1.62. The Balaban J connectivity index is 2.19. The number of aryl methyl sites for hydroxylation is 1. The minimum absolute atomic E-state index is 0.316. The number of Topliss-reactive ketones (excluding diaryl/α,β-unsaturated/α-hetero) is 1. The first-order chi connectivity index (χ1) is 7.24. The average molecular weight is 224 g/mol. The van der Waals surface area contributed by atoms with Crippen molar-refractivity contribution in [1.29, 1.82) is 0 Å². The summed E-state index contributed by atoms with van der Waals surface area (Å²) >= 11 is 1.66. The van der Waals surface area contributed by atoms with E-state index in [1.165, 1.54) is 30.6 Å². The Kier molecular flexibility index (Phi) is 5.62. The van der Waals surface area contributed by atoms with Gasteiger partial charge in [-0.05, 0) is 19.4 Å². The summed E-state index contributed by atoms with van der Waals surface area (Å²) in [7, 11) is 0. The van der Waals surface area contributed by atoms with Gasteiger partial charge in [-0.1, -0.05) is 32.6 Å². The van der Waals surface area contributed by atoms with Crippen molar-refractivity contribution < 1.29 is 4.79 Å². The van der Waals surface area contributed by atoms with Crippen LogP contribution in [-0.4, -0.2) is 5.78 Å². The van der Waals surface area contributed by atoms with Gasteiger partial charge in [0.15, 0.2) is 5.78 Å². The molecule has 0 spiro atoms. The Hall–Kier alpha value is -0.630. The SMILES string of the molecule is CCCCCCCC(=O)c1csc(C)c1. The number of carbonyl (C=O) groups excluding carboxylic acids is 1. The van der Waals surface area contributed by atoms with Crippen LogP contribution in [0, 0.1) is 6.92 Å². The van der Waals surface area contributed by atoms with Crippen molar-refractivity contribution in [2.45, 2.75) is 52.4 Å². The van der Waals surface area contributed by atoms with Crippen LogP contribution in [0.25, 0.3) is 0 Å². The maximum absolute atomic E-state index is 11.7. The molecule has 0 fully saturated rings. The van der Waals surface area contributed by atoms with Gasteiger partial charge in [-0.15, -0.1) is 11.3 Å². The van der Waals surface area contributed by atoms with Gasteiger partial charge in [-0.3, -0.25) is 4.79 Å². The fourth-order valence-corrected chi connectivity index (χ4v) is 2.33. The van der Waals surface area contributed by atoms with Crippen LogP contribution in [0.4, 0.5) is 0 Å². The smallest absolute Gasteiger partial charge is 0.163 e. The molecule has 0 amide bonds. The van der Waals surface area contributed by atoms with E-state index in [9.17, 15) is 4.79 Å². The standard InChI is InChI=1S/C13H20OS/c1-3-4-5-6-7-8-13(14)12-9-11(2)15-10-12/h9-10H,3-8H2,1-2H3. The summed E-state index contributed by atoms with van der Waals surface area (Å²) in [6.45, 7) is 4.25. The fraction of sp³-hybridized carbons (Fsp3) is 0.615. The topological polar surface area (TPSA) is 17.1 Å². The molecular weight excluding hydrogens is 204 g/mol. The third-order valence-electron chi connectivity index (χ3n) is 2.56. The predicted octanol–water partition coefficient (Wildman–Crippen LogP) is 4.60. The number of unbranched alkanes of at least 4 members (excludes halogenated alkanes) is 4. The minimum Gasteiger partial charge on any atom is -0.294 e. The molecule has 0 N–H and O–H groups in total. The maximum atomic E-state index is 11.7. The van der Waals surface area contributed by atoms with Crippen LogP contribution in [0.2, 0.25) is 0 Å². The van der Waals surface area contributed by atoms with E-state index in [-0.39, 0.29) is 0 Å². The molecule has 2 heteroatoms. The molecule has 84 valence electrons. The molecule has 0 saturated carbocycles. The molecule has 0 aliphatic rings. The molecule has 1 aromatic rings. The first-order valence-corrected chi connectivity index (χ1v) is 6.70. The Bertz CT molecular complexity index is 301. The highest BCUT2D eigenvalue weighted by Crippen LogP contribution is 2.16. The van der Waals surface area contributed by atoms with Gasteiger partial charge in [0.2, 0.25) is 0 Å². The van der Waals surface area contributed by atoms with Gasteiger partial charge in [-0.2, -0.15) is 0 Å². The summed E-state index contributed by atoms with van der Waals surface area (Å²) in [5.74, 6) is 0.316. The number of hydrogen-bond acceptors (Lipinski definition) is 2. The zero-order chi connectivity index (χ0) is 11.1. The van der Waals surface area contributed by atoms with Crippen molar-refractivity contribution in [3.8, 4) is 0 Å². The summed E-state index contributed by atoms with van der Waals surface area (Å²) in [4.78, 5) is 12.9. The normalized spacial score (nSPS) is 10.5. The van der Waals surface area contributed by atoms with E-state index in [0.717, 1.165) is 18.4 Å². The summed E-state index contributed by atoms with van der Waals surface area (Å²) in [6, 6.07) is 2.00. The molecule has 0 aromatic carbocycles. The van der Waals surface area contributed by atoms with Crippen LogP contribution in [0.15, 0.2) is 11.4 Å². The molecule has 0 radical (unpaired) electrons. The monoisotopic (exact) mass is 224 g/mol. The average Bonchev–Trinajstić information content (AvgIpc) is 2.64. The minimum atomic E-state index is 0.316. The summed E-state index contributed by atoms with van der Waals surface area (Å²) in [5, 5.41) is 1.98. The Morgan fingerprint density at radius 1 is 1.27 bits per heavy atom. The summed E-state index contributed by atoms with van der Waals surface area (Å²) in [6.07, 6.45) is 6.80. The van der Waals surface area contributed by atoms with E-state index >= 15 is 0 Å². The molecule has 0 atom stereocenters. The second-order valence-corrected chi connectivity index (χ2v) is 5.15. The zero-order valence-corrected chi connectivity index (χ0v) is 10.5. The lowest BCUT2D eigenvalue weighted by molar-refractivity contribution is 0.0979. The lowest BCUT2D eigenvalue weighted by Crippen LogP contribution is -1.96. The van der Waals surface area contributed by atoms with Crippen molar-refractivity contribution >= 4 is 17.1 Å². The Morgan fingerprint density at radius 3 is 2.60 bits per heavy atom. The molecule has 0 saturated heterocycles. The van der Waals surface area contributed by atoms with Crippen LogP contribution in [0.5, 0.6) is 0 Å². The number of carbonyl (C=O) groups is 1. The highest BCUT2D eigenvalue weighted by atomic mass is 32.1. The second kappa shape index (κ2) is 6.78. The third-order valence-corrected chi connectivity index (χ3v) is 3.42. The van der Waals surface area contributed by atoms with Crippen LogP contribution in [0.3, 0.4) is 0 Å². The van der Waals surface area contributed by atoms with Crippen molar-refractivity contribution in [3.63, 3.8) is 0 Å². The van der Waals surface area contributed by atoms with E-state index in [2.05, 4.69) is 6.92 Å². The number of thiophene rings is 1. The zero-order valence-electron chi connectivity index (χ0n) is 9.71. The first-order valence-electron chi connectivity index (χ1n) is 5.82. The van der Waals surface area contributed by atoms with Crippen LogP contribution >= 0.6 is 11.3 Å². The molecular formula is C13H20OS. The van der Waals surface area contributed by atoms with Gasteiger partial charge in [-0.25, -0.2) is 0 Å². The van der Waals surface area contributed by atoms with Gasteiger partial charge in [0.05, 0.1) is 0 Å². The van der Waals surface area contributed by atoms with Gasteiger partial charge in [0.25, 0.3) is 0 Å². The Labute approximate surface area is 96.5 Å². The predicted molar refractivity (Wildman–Crippen MR) is 66.8 cm³/mol. The van der Waals surface area contributed by atoms with Gasteiger partial charge in [0, 0.05) is 22.2 Å². The largest absolute Gasteiger partial charge is 0.294 e. The Morgan fingerprint density at radius 2 is 2.00 bits per heavy atom. The third kappa shape index (κ3) is 4.61. The molecule has 0 unspecified atom stereocenters. The number of hydrogen-bond donors (Lipinski definition) is 0. The van der Waals surface area contributed by atoms with Crippen molar-refractivity contribution in [2.24, 2.45) is 0 Å². The quantitative estimate of drug-likeness (QED) is 0.488. The second-order valence-electron chi connectivity index (χ2n) is 4.03. The molecule has 1 aromatic heterocycles. The maximum Gasteiger partial charge on any atom is 0.163 e. The van der Waals surface area contributed by atoms with Gasteiger partial charge >= 0.3 is 0 Å². The highest BCUT2D eigenvalue weighted by Gasteiger charge is 2.06. The van der Waals surface area contributed by atoms with E-state index in [1.807, 2.05) is 18.4 Å². The molecule has 15 heavy (non-hydrogen) atoms. The molecule has 0 aliphatic carbocycles. The van der Waals surface area contributed by atoms with E-state index in [0.29, 0.717) is 5.78 Å². The molecule has 0 bridgehead atoms. The molecule has 1 nitrogen and oxygen atoms in total. The van der Waals surface area contributed by atoms with Crippen molar-refractivity contribution in [1.82, 2.24) is 0 Å². The molecule has 0 aliphatic heterocycles. The lowest BCUT2D eigenvalue weighted by Gasteiger charge is -1.98. The van der Waals surface area contributed by atoms with Crippen LogP contribution in [-0.2, 0) is 0 Å². The number of rotatable bonds is 7. The number of ketones is 1. The molecule has 1 heterocycles. The van der Waals surface area contributed by atoms with Crippen LogP contribution < -0.4 is 0 Å². The van der Waals surface area contributed by atoms with Gasteiger partial charge in [0.1, 0.15) is 0 Å². The summed E-state index contributed by atoms with van der Waals surface area (Å²) < 4.78 is 0. The highest BCUT2D eigenvalue weighted by molar-refractivity contribution is 7.10. The van der Waals surface area contributed by atoms with Crippen molar-refractivity contribution in [3.05, 3.63) is 21.9 Å².